The monoisotopic (exact) mass is 396 g/mol. The molecule has 1 aliphatic heterocycles. The maximum atomic E-state index is 13.2. The molecule has 0 radical (unpaired) electrons. The van der Waals surface area contributed by atoms with E-state index in [1.54, 1.807) is 12.1 Å². The molecule has 0 saturated heterocycles. The van der Waals surface area contributed by atoms with Crippen LogP contribution in [0.4, 0.5) is 20.2 Å². The van der Waals surface area contributed by atoms with Crippen LogP contribution in [0.2, 0.25) is 0 Å². The van der Waals surface area contributed by atoms with E-state index >= 15 is 0 Å². The van der Waals surface area contributed by atoms with E-state index in [1.165, 1.54) is 11.8 Å². The molecule has 0 aromatic heterocycles. The van der Waals surface area contributed by atoms with Gasteiger partial charge in [-0.1, -0.05) is 15.9 Å². The van der Waals surface area contributed by atoms with Gasteiger partial charge in [0.15, 0.2) is 11.6 Å². The van der Waals surface area contributed by atoms with Gasteiger partial charge in [0.2, 0.25) is 5.91 Å². The minimum atomic E-state index is -0.910. The molecule has 0 atom stereocenters. The summed E-state index contributed by atoms with van der Waals surface area (Å²) in [5.41, 5.74) is 1.78. The Morgan fingerprint density at radius 3 is 2.65 bits per heavy atom. The van der Waals surface area contributed by atoms with Crippen molar-refractivity contribution in [1.82, 2.24) is 0 Å². The van der Waals surface area contributed by atoms with E-state index in [4.69, 9.17) is 0 Å². The Labute approximate surface area is 144 Å². The Kier molecular flexibility index (Phi) is 4.77. The first-order valence-corrected chi connectivity index (χ1v) is 8.53. The number of nitrogens with zero attached hydrogens (tertiary/aromatic N) is 1. The summed E-state index contributed by atoms with van der Waals surface area (Å²) in [6.45, 7) is 0. The highest BCUT2D eigenvalue weighted by molar-refractivity contribution is 9.10. The number of aliphatic imine (C=N–C) groups is 1. The lowest BCUT2D eigenvalue weighted by molar-refractivity contribution is -0.113. The minimum Gasteiger partial charge on any atom is -0.325 e. The van der Waals surface area contributed by atoms with Crippen LogP contribution in [0.1, 0.15) is 5.56 Å². The summed E-state index contributed by atoms with van der Waals surface area (Å²) in [5.74, 6) is -1.76. The van der Waals surface area contributed by atoms with Crippen LogP contribution in [-0.4, -0.2) is 16.7 Å². The third-order valence-corrected chi connectivity index (χ3v) is 4.71. The van der Waals surface area contributed by atoms with Crippen LogP contribution in [0.15, 0.2) is 45.9 Å². The number of fused-ring (bicyclic) bond motifs is 1. The quantitative estimate of drug-likeness (QED) is 0.817. The van der Waals surface area contributed by atoms with E-state index in [9.17, 15) is 13.6 Å². The molecule has 0 spiro atoms. The fourth-order valence-corrected chi connectivity index (χ4v) is 3.18. The number of thioether (sulfide) groups is 1. The van der Waals surface area contributed by atoms with E-state index in [1.807, 2.05) is 12.1 Å². The van der Waals surface area contributed by atoms with Crippen molar-refractivity contribution in [2.24, 2.45) is 4.99 Å². The summed E-state index contributed by atoms with van der Waals surface area (Å²) in [6.07, 6.45) is 0.419. The Bertz CT molecular complexity index is 793. The van der Waals surface area contributed by atoms with Gasteiger partial charge in [-0.25, -0.2) is 13.8 Å². The van der Waals surface area contributed by atoms with Crippen molar-refractivity contribution >= 4 is 50.0 Å². The molecular formula is C16H11BrF2N2OS. The zero-order valence-corrected chi connectivity index (χ0v) is 14.2. The second-order valence-electron chi connectivity index (χ2n) is 4.92. The number of anilines is 1. The summed E-state index contributed by atoms with van der Waals surface area (Å²) in [4.78, 5) is 16.1. The van der Waals surface area contributed by atoms with Crippen LogP contribution >= 0.6 is 27.7 Å². The van der Waals surface area contributed by atoms with Crippen molar-refractivity contribution in [3.63, 3.8) is 0 Å². The summed E-state index contributed by atoms with van der Waals surface area (Å²) in [6, 6.07) is 9.50. The zero-order valence-electron chi connectivity index (χ0n) is 11.8. The Morgan fingerprint density at radius 1 is 1.22 bits per heavy atom. The van der Waals surface area contributed by atoms with E-state index in [0.717, 1.165) is 16.6 Å². The number of nitrogens with one attached hydrogen (secondary N) is 1. The van der Waals surface area contributed by atoms with Crippen LogP contribution in [0.3, 0.4) is 0 Å². The number of carbonyl (C=O) groups excluding carboxylic acids is 1. The molecule has 2 aromatic carbocycles. The van der Waals surface area contributed by atoms with E-state index < -0.39 is 11.6 Å². The zero-order chi connectivity index (χ0) is 16.4. The molecule has 1 aliphatic rings. The van der Waals surface area contributed by atoms with Gasteiger partial charge in [0.05, 0.1) is 16.5 Å². The molecule has 1 amide bonds. The SMILES string of the molecule is O=C(CSC1=Nc2cc(F)c(F)cc2C1)Nc1ccc(Br)cc1. The lowest BCUT2D eigenvalue weighted by atomic mass is 10.1. The molecule has 118 valence electrons. The summed E-state index contributed by atoms with van der Waals surface area (Å²) in [5, 5.41) is 3.45. The third kappa shape index (κ3) is 3.97. The van der Waals surface area contributed by atoms with Crippen molar-refractivity contribution in [3.8, 4) is 0 Å². The van der Waals surface area contributed by atoms with Crippen molar-refractivity contribution in [2.75, 3.05) is 11.1 Å². The fraction of sp³-hybridized carbons (Fsp3) is 0.125. The van der Waals surface area contributed by atoms with Crippen molar-refractivity contribution in [3.05, 3.63) is 58.1 Å². The van der Waals surface area contributed by atoms with Gasteiger partial charge in [0, 0.05) is 22.6 Å². The molecule has 1 N–H and O–H groups in total. The summed E-state index contributed by atoms with van der Waals surface area (Å²) in [7, 11) is 0. The first-order chi connectivity index (χ1) is 11.0. The number of hydrogen-bond acceptors (Lipinski definition) is 3. The molecule has 0 unspecified atom stereocenters. The van der Waals surface area contributed by atoms with Crippen LogP contribution in [0.5, 0.6) is 0 Å². The summed E-state index contributed by atoms with van der Waals surface area (Å²) < 4.78 is 27.3. The number of hydrogen-bond donors (Lipinski definition) is 1. The van der Waals surface area contributed by atoms with Crippen LogP contribution in [-0.2, 0) is 11.2 Å². The number of amides is 1. The van der Waals surface area contributed by atoms with E-state index in [0.29, 0.717) is 28.4 Å². The maximum absolute atomic E-state index is 13.2. The predicted octanol–water partition coefficient (Wildman–Crippen LogP) is 4.69. The predicted molar refractivity (Wildman–Crippen MR) is 92.4 cm³/mol. The number of benzene rings is 2. The molecule has 0 aliphatic carbocycles. The molecular weight excluding hydrogens is 386 g/mol. The van der Waals surface area contributed by atoms with Crippen molar-refractivity contribution < 1.29 is 13.6 Å². The van der Waals surface area contributed by atoms with Gasteiger partial charge in [-0.3, -0.25) is 4.79 Å². The smallest absolute Gasteiger partial charge is 0.234 e. The highest BCUT2D eigenvalue weighted by Crippen LogP contribution is 2.32. The van der Waals surface area contributed by atoms with Gasteiger partial charge in [0.1, 0.15) is 0 Å². The van der Waals surface area contributed by atoms with Gasteiger partial charge in [0.25, 0.3) is 0 Å². The van der Waals surface area contributed by atoms with Crippen LogP contribution in [0, 0.1) is 11.6 Å². The van der Waals surface area contributed by atoms with Crippen molar-refractivity contribution in [2.45, 2.75) is 6.42 Å². The first-order valence-electron chi connectivity index (χ1n) is 6.75. The molecule has 3 nitrogen and oxygen atoms in total. The number of carbonyl (C=O) groups is 1. The van der Waals surface area contributed by atoms with Gasteiger partial charge in [-0.2, -0.15) is 0 Å². The van der Waals surface area contributed by atoms with Gasteiger partial charge in [-0.05, 0) is 35.9 Å². The third-order valence-electron chi connectivity index (χ3n) is 3.21. The van der Waals surface area contributed by atoms with E-state index in [-0.39, 0.29) is 11.7 Å². The summed E-state index contributed by atoms with van der Waals surface area (Å²) >= 11 is 4.59. The topological polar surface area (TPSA) is 41.5 Å². The highest BCUT2D eigenvalue weighted by atomic mass is 79.9. The van der Waals surface area contributed by atoms with Gasteiger partial charge >= 0.3 is 0 Å². The second-order valence-corrected chi connectivity index (χ2v) is 6.89. The molecule has 1 heterocycles. The average molecular weight is 397 g/mol. The molecule has 3 rings (SSSR count). The Morgan fingerprint density at radius 2 is 1.91 bits per heavy atom. The number of halogens is 3. The second kappa shape index (κ2) is 6.80. The van der Waals surface area contributed by atoms with E-state index in [2.05, 4.69) is 26.2 Å². The lowest BCUT2D eigenvalue weighted by Gasteiger charge is -2.05. The standard InChI is InChI=1S/C16H11BrF2N2OS/c17-10-1-3-11(4-2-10)20-15(22)8-23-16-6-9-5-12(18)13(19)7-14(9)21-16/h1-5,7H,6,8H2,(H,20,22). The van der Waals surface area contributed by atoms with Crippen molar-refractivity contribution in [1.29, 1.82) is 0 Å². The highest BCUT2D eigenvalue weighted by Gasteiger charge is 2.19. The molecule has 0 saturated carbocycles. The molecule has 0 bridgehead atoms. The van der Waals surface area contributed by atoms with Gasteiger partial charge < -0.3 is 5.32 Å². The molecule has 2 aromatic rings. The lowest BCUT2D eigenvalue weighted by Crippen LogP contribution is -2.15. The molecule has 7 heteroatoms. The number of rotatable bonds is 3. The van der Waals surface area contributed by atoms with Crippen LogP contribution < -0.4 is 5.32 Å². The van der Waals surface area contributed by atoms with Crippen LogP contribution in [0.25, 0.3) is 0 Å². The Balaban J connectivity index is 1.56. The fourth-order valence-electron chi connectivity index (χ4n) is 2.12. The van der Waals surface area contributed by atoms with Gasteiger partial charge in [-0.15, -0.1) is 11.8 Å². The minimum absolute atomic E-state index is 0.159. The maximum Gasteiger partial charge on any atom is 0.234 e. The Hall–Kier alpha value is -1.73. The molecule has 23 heavy (non-hydrogen) atoms. The largest absolute Gasteiger partial charge is 0.325 e. The molecule has 0 fully saturated rings. The average Bonchev–Trinajstić information content (AvgIpc) is 2.90. The first kappa shape index (κ1) is 16.1. The normalized spacial score (nSPS) is 12.7.